The Bertz CT molecular complexity index is 386. The van der Waals surface area contributed by atoms with Gasteiger partial charge in [-0.25, -0.2) is 4.79 Å². The summed E-state index contributed by atoms with van der Waals surface area (Å²) in [6.07, 6.45) is 4.58. The highest BCUT2D eigenvalue weighted by atomic mass is 35.5. The van der Waals surface area contributed by atoms with Gasteiger partial charge in [-0.1, -0.05) is 12.8 Å². The maximum atomic E-state index is 12.9. The van der Waals surface area contributed by atoms with Crippen LogP contribution in [-0.2, 0) is 4.79 Å². The molecule has 2 fully saturated rings. The third-order valence-corrected chi connectivity index (χ3v) is 4.62. The Balaban J connectivity index is 0.00000242. The fourth-order valence-corrected chi connectivity index (χ4v) is 3.57. The fourth-order valence-electron chi connectivity index (χ4n) is 3.57. The number of nitrogens with zero attached hydrogens (tertiary/aromatic N) is 1. The molecule has 0 spiro atoms. The molecule has 128 valence electrons. The SMILES string of the molecule is CCNC(=O)NC1(C(=O)N2CCC(CNC)C2)CCCC1.Cl. The van der Waals surface area contributed by atoms with Gasteiger partial charge >= 0.3 is 6.03 Å². The number of hydrogen-bond acceptors (Lipinski definition) is 3. The molecule has 3 N–H and O–H groups in total. The van der Waals surface area contributed by atoms with Crippen molar-refractivity contribution < 1.29 is 9.59 Å². The number of urea groups is 1. The van der Waals surface area contributed by atoms with Crippen LogP contribution in [0.5, 0.6) is 0 Å². The quantitative estimate of drug-likeness (QED) is 0.706. The Hall–Kier alpha value is -1.01. The van der Waals surface area contributed by atoms with E-state index in [-0.39, 0.29) is 24.3 Å². The Morgan fingerprint density at radius 1 is 1.27 bits per heavy atom. The van der Waals surface area contributed by atoms with E-state index in [0.717, 1.165) is 51.7 Å². The summed E-state index contributed by atoms with van der Waals surface area (Å²) in [6, 6.07) is -0.223. The molecule has 0 aromatic carbocycles. The number of amides is 3. The Labute approximate surface area is 139 Å². The van der Waals surface area contributed by atoms with Gasteiger partial charge in [0.2, 0.25) is 5.91 Å². The molecule has 22 heavy (non-hydrogen) atoms. The number of nitrogens with one attached hydrogen (secondary N) is 3. The van der Waals surface area contributed by atoms with Gasteiger partial charge in [0.05, 0.1) is 0 Å². The number of likely N-dealkylation sites (tertiary alicyclic amines) is 1. The van der Waals surface area contributed by atoms with Crippen molar-refractivity contribution in [3.63, 3.8) is 0 Å². The molecule has 6 nitrogen and oxygen atoms in total. The van der Waals surface area contributed by atoms with E-state index in [2.05, 4.69) is 16.0 Å². The maximum Gasteiger partial charge on any atom is 0.315 e. The molecular weight excluding hydrogens is 304 g/mol. The number of halogens is 1. The molecule has 2 rings (SSSR count). The van der Waals surface area contributed by atoms with E-state index in [1.807, 2.05) is 18.9 Å². The summed E-state index contributed by atoms with van der Waals surface area (Å²) in [7, 11) is 1.94. The lowest BCUT2D eigenvalue weighted by atomic mass is 9.95. The van der Waals surface area contributed by atoms with E-state index in [1.165, 1.54) is 0 Å². The standard InChI is InChI=1S/C15H28N4O2.ClH/c1-3-17-14(21)18-15(7-4-5-8-15)13(20)19-9-6-12(11-19)10-16-2;/h12,16H,3-11H2,1-2H3,(H2,17,18,21);1H. The lowest BCUT2D eigenvalue weighted by Gasteiger charge is -2.33. The first kappa shape index (κ1) is 19.0. The van der Waals surface area contributed by atoms with Crippen LogP contribution in [0.3, 0.4) is 0 Å². The number of rotatable bonds is 5. The van der Waals surface area contributed by atoms with Gasteiger partial charge < -0.3 is 20.9 Å². The molecular formula is C15H29ClN4O2. The first-order valence-electron chi connectivity index (χ1n) is 8.11. The number of carbonyl (C=O) groups excluding carboxylic acids is 2. The van der Waals surface area contributed by atoms with Gasteiger partial charge in [-0.3, -0.25) is 4.79 Å². The highest BCUT2D eigenvalue weighted by Gasteiger charge is 2.46. The second-order valence-corrected chi connectivity index (χ2v) is 6.24. The van der Waals surface area contributed by atoms with Crippen molar-refractivity contribution in [2.45, 2.75) is 44.6 Å². The van der Waals surface area contributed by atoms with Gasteiger partial charge in [0.25, 0.3) is 0 Å². The van der Waals surface area contributed by atoms with Crippen molar-refractivity contribution in [2.24, 2.45) is 5.92 Å². The van der Waals surface area contributed by atoms with E-state index < -0.39 is 5.54 Å². The van der Waals surface area contributed by atoms with Crippen molar-refractivity contribution in [1.29, 1.82) is 0 Å². The van der Waals surface area contributed by atoms with E-state index >= 15 is 0 Å². The fraction of sp³-hybridized carbons (Fsp3) is 0.867. The lowest BCUT2D eigenvalue weighted by Crippen LogP contribution is -2.59. The van der Waals surface area contributed by atoms with Crippen molar-refractivity contribution in [3.8, 4) is 0 Å². The number of carbonyl (C=O) groups is 2. The Kier molecular flexibility index (Phi) is 7.42. The summed E-state index contributed by atoms with van der Waals surface area (Å²) in [6.45, 7) is 5.01. The zero-order chi connectivity index (χ0) is 15.3. The smallest absolute Gasteiger partial charge is 0.315 e. The van der Waals surface area contributed by atoms with Gasteiger partial charge in [-0.05, 0) is 45.7 Å². The summed E-state index contributed by atoms with van der Waals surface area (Å²) in [5, 5.41) is 8.88. The molecule has 3 amide bonds. The minimum absolute atomic E-state index is 0. The monoisotopic (exact) mass is 332 g/mol. The van der Waals surface area contributed by atoms with Gasteiger partial charge in [0, 0.05) is 19.6 Å². The van der Waals surface area contributed by atoms with Crippen LogP contribution in [0.2, 0.25) is 0 Å². The van der Waals surface area contributed by atoms with E-state index in [9.17, 15) is 9.59 Å². The highest BCUT2D eigenvalue weighted by Crippen LogP contribution is 2.33. The predicted molar refractivity (Wildman–Crippen MR) is 89.3 cm³/mol. The minimum Gasteiger partial charge on any atom is -0.340 e. The Morgan fingerprint density at radius 2 is 1.95 bits per heavy atom. The molecule has 0 radical (unpaired) electrons. The lowest BCUT2D eigenvalue weighted by molar-refractivity contribution is -0.136. The second-order valence-electron chi connectivity index (χ2n) is 6.24. The molecule has 1 heterocycles. The van der Waals surface area contributed by atoms with Crippen LogP contribution in [-0.4, -0.2) is 55.6 Å². The van der Waals surface area contributed by atoms with Gasteiger partial charge in [-0.15, -0.1) is 12.4 Å². The van der Waals surface area contributed by atoms with Crippen LogP contribution in [0, 0.1) is 5.92 Å². The first-order chi connectivity index (χ1) is 10.1. The van der Waals surface area contributed by atoms with Gasteiger partial charge in [0.15, 0.2) is 0 Å². The highest BCUT2D eigenvalue weighted by molar-refractivity contribution is 5.91. The van der Waals surface area contributed by atoms with Crippen molar-refractivity contribution in [1.82, 2.24) is 20.9 Å². The topological polar surface area (TPSA) is 73.5 Å². The van der Waals surface area contributed by atoms with Crippen LogP contribution in [0.4, 0.5) is 4.79 Å². The largest absolute Gasteiger partial charge is 0.340 e. The van der Waals surface area contributed by atoms with Gasteiger partial charge in [0.1, 0.15) is 5.54 Å². The average Bonchev–Trinajstić information content (AvgIpc) is 3.09. The molecule has 1 aliphatic carbocycles. The van der Waals surface area contributed by atoms with Crippen LogP contribution in [0.25, 0.3) is 0 Å². The maximum absolute atomic E-state index is 12.9. The van der Waals surface area contributed by atoms with E-state index in [4.69, 9.17) is 0 Å². The third-order valence-electron chi connectivity index (χ3n) is 4.62. The average molecular weight is 333 g/mol. The van der Waals surface area contributed by atoms with Crippen LogP contribution >= 0.6 is 12.4 Å². The molecule has 1 atom stereocenters. The van der Waals surface area contributed by atoms with Crippen LogP contribution in [0.1, 0.15) is 39.0 Å². The minimum atomic E-state index is -0.673. The van der Waals surface area contributed by atoms with E-state index in [1.54, 1.807) is 0 Å². The van der Waals surface area contributed by atoms with Crippen molar-refractivity contribution in [3.05, 3.63) is 0 Å². The van der Waals surface area contributed by atoms with E-state index in [0.29, 0.717) is 12.5 Å². The summed E-state index contributed by atoms with van der Waals surface area (Å²) >= 11 is 0. The zero-order valence-corrected chi connectivity index (χ0v) is 14.4. The van der Waals surface area contributed by atoms with Crippen LogP contribution < -0.4 is 16.0 Å². The van der Waals surface area contributed by atoms with Crippen molar-refractivity contribution in [2.75, 3.05) is 33.2 Å². The third kappa shape index (κ3) is 4.26. The molecule has 0 bridgehead atoms. The molecule has 0 aromatic heterocycles. The molecule has 7 heteroatoms. The normalized spacial score (nSPS) is 23.0. The Morgan fingerprint density at radius 3 is 2.55 bits per heavy atom. The zero-order valence-electron chi connectivity index (χ0n) is 13.6. The predicted octanol–water partition coefficient (Wildman–Crippen LogP) is 1.11. The molecule has 1 saturated carbocycles. The van der Waals surface area contributed by atoms with Crippen LogP contribution in [0.15, 0.2) is 0 Å². The molecule has 1 aliphatic heterocycles. The van der Waals surface area contributed by atoms with Crippen molar-refractivity contribution >= 4 is 24.3 Å². The summed E-state index contributed by atoms with van der Waals surface area (Å²) in [5.74, 6) is 0.645. The number of hydrogen-bond donors (Lipinski definition) is 3. The summed E-state index contributed by atoms with van der Waals surface area (Å²) < 4.78 is 0. The molecule has 0 aromatic rings. The second kappa shape index (κ2) is 8.58. The molecule has 1 saturated heterocycles. The first-order valence-corrected chi connectivity index (χ1v) is 8.11. The summed E-state index contributed by atoms with van der Waals surface area (Å²) in [4.78, 5) is 26.8. The summed E-state index contributed by atoms with van der Waals surface area (Å²) in [5.41, 5.74) is -0.673. The molecule has 1 unspecified atom stereocenters. The van der Waals surface area contributed by atoms with Gasteiger partial charge in [-0.2, -0.15) is 0 Å². The molecule has 2 aliphatic rings.